The van der Waals surface area contributed by atoms with Crippen molar-refractivity contribution in [3.63, 3.8) is 0 Å². The number of ether oxygens (including phenoxy) is 2. The van der Waals surface area contributed by atoms with Crippen LogP contribution < -0.4 is 15.8 Å². The van der Waals surface area contributed by atoms with Crippen molar-refractivity contribution in [2.75, 3.05) is 20.3 Å². The van der Waals surface area contributed by atoms with Crippen molar-refractivity contribution in [3.05, 3.63) is 29.8 Å². The van der Waals surface area contributed by atoms with E-state index in [9.17, 15) is 4.79 Å². The molecule has 104 valence electrons. The van der Waals surface area contributed by atoms with Crippen molar-refractivity contribution in [2.45, 2.75) is 24.9 Å². The molecule has 5 nitrogen and oxygen atoms in total. The van der Waals surface area contributed by atoms with Gasteiger partial charge in [0.1, 0.15) is 5.75 Å². The highest BCUT2D eigenvalue weighted by Crippen LogP contribution is 2.18. The van der Waals surface area contributed by atoms with Crippen LogP contribution in [0.4, 0.5) is 0 Å². The van der Waals surface area contributed by atoms with E-state index in [1.54, 1.807) is 7.11 Å². The normalized spacial score (nSPS) is 17.8. The predicted molar refractivity (Wildman–Crippen MR) is 71.8 cm³/mol. The molecule has 1 heterocycles. The number of nitrogens with one attached hydrogen (secondary N) is 1. The molecule has 0 unspecified atom stereocenters. The van der Waals surface area contributed by atoms with Crippen LogP contribution in [0.3, 0.4) is 0 Å². The Morgan fingerprint density at radius 2 is 2.00 bits per heavy atom. The van der Waals surface area contributed by atoms with E-state index < -0.39 is 5.54 Å². The second kappa shape index (κ2) is 6.04. The van der Waals surface area contributed by atoms with Gasteiger partial charge in [-0.05, 0) is 30.5 Å². The van der Waals surface area contributed by atoms with Gasteiger partial charge in [-0.15, -0.1) is 0 Å². The Kier molecular flexibility index (Phi) is 4.39. The van der Waals surface area contributed by atoms with Crippen molar-refractivity contribution in [2.24, 2.45) is 5.73 Å². The highest BCUT2D eigenvalue weighted by atomic mass is 16.5. The van der Waals surface area contributed by atoms with Gasteiger partial charge in [-0.25, -0.2) is 0 Å². The van der Waals surface area contributed by atoms with Gasteiger partial charge in [-0.2, -0.15) is 0 Å². The maximum absolute atomic E-state index is 12.1. The summed E-state index contributed by atoms with van der Waals surface area (Å²) in [4.78, 5) is 12.1. The van der Waals surface area contributed by atoms with E-state index in [-0.39, 0.29) is 5.91 Å². The molecule has 19 heavy (non-hydrogen) atoms. The number of nitrogens with two attached hydrogens (primary N) is 1. The number of hydrogen-bond acceptors (Lipinski definition) is 4. The van der Waals surface area contributed by atoms with E-state index in [2.05, 4.69) is 5.32 Å². The molecular weight excluding hydrogens is 244 g/mol. The summed E-state index contributed by atoms with van der Waals surface area (Å²) < 4.78 is 10.3. The molecule has 2 rings (SSSR count). The number of hydrogen-bond donors (Lipinski definition) is 2. The van der Waals surface area contributed by atoms with Crippen molar-refractivity contribution in [1.82, 2.24) is 5.32 Å². The first-order valence-corrected chi connectivity index (χ1v) is 6.42. The standard InChI is InChI=1S/C14H20N2O3/c1-18-12-4-2-11(3-5-12)10-16-13(17)14(15)6-8-19-9-7-14/h2-5H,6-10,15H2,1H3,(H,16,17). The third kappa shape index (κ3) is 3.45. The fourth-order valence-corrected chi connectivity index (χ4v) is 2.06. The van der Waals surface area contributed by atoms with Crippen LogP contribution in [0.5, 0.6) is 5.75 Å². The van der Waals surface area contributed by atoms with E-state index in [1.165, 1.54) is 0 Å². The van der Waals surface area contributed by atoms with E-state index in [4.69, 9.17) is 15.2 Å². The molecule has 1 aromatic carbocycles. The Morgan fingerprint density at radius 3 is 2.58 bits per heavy atom. The van der Waals surface area contributed by atoms with Crippen LogP contribution in [0.15, 0.2) is 24.3 Å². The van der Waals surface area contributed by atoms with Gasteiger partial charge in [0, 0.05) is 19.8 Å². The van der Waals surface area contributed by atoms with Gasteiger partial charge in [0.25, 0.3) is 0 Å². The van der Waals surface area contributed by atoms with Gasteiger partial charge in [0.15, 0.2) is 0 Å². The smallest absolute Gasteiger partial charge is 0.240 e. The second-order valence-electron chi connectivity index (χ2n) is 4.80. The zero-order chi connectivity index (χ0) is 13.7. The Bertz CT molecular complexity index is 425. The van der Waals surface area contributed by atoms with Crippen molar-refractivity contribution >= 4 is 5.91 Å². The van der Waals surface area contributed by atoms with Crippen molar-refractivity contribution in [1.29, 1.82) is 0 Å². The molecule has 0 saturated carbocycles. The molecule has 1 amide bonds. The summed E-state index contributed by atoms with van der Waals surface area (Å²) in [6.07, 6.45) is 1.14. The van der Waals surface area contributed by atoms with E-state index in [0.29, 0.717) is 32.6 Å². The zero-order valence-corrected chi connectivity index (χ0v) is 11.1. The summed E-state index contributed by atoms with van der Waals surface area (Å²) >= 11 is 0. The average Bonchev–Trinajstić information content (AvgIpc) is 2.46. The highest BCUT2D eigenvalue weighted by molar-refractivity contribution is 5.86. The monoisotopic (exact) mass is 264 g/mol. The molecule has 1 aliphatic rings. The topological polar surface area (TPSA) is 73.6 Å². The van der Waals surface area contributed by atoms with Gasteiger partial charge in [-0.1, -0.05) is 12.1 Å². The minimum atomic E-state index is -0.787. The minimum absolute atomic E-state index is 0.105. The van der Waals surface area contributed by atoms with E-state index in [1.807, 2.05) is 24.3 Å². The lowest BCUT2D eigenvalue weighted by Crippen LogP contribution is -2.56. The zero-order valence-electron chi connectivity index (χ0n) is 11.1. The number of rotatable bonds is 4. The van der Waals surface area contributed by atoms with Gasteiger partial charge in [0.05, 0.1) is 12.6 Å². The molecule has 0 aromatic heterocycles. The molecule has 0 bridgehead atoms. The largest absolute Gasteiger partial charge is 0.497 e. The van der Waals surface area contributed by atoms with Crippen LogP contribution in [0.2, 0.25) is 0 Å². The third-order valence-corrected chi connectivity index (χ3v) is 3.45. The van der Waals surface area contributed by atoms with Crippen molar-refractivity contribution < 1.29 is 14.3 Å². The number of carbonyl (C=O) groups is 1. The molecule has 1 aliphatic heterocycles. The fourth-order valence-electron chi connectivity index (χ4n) is 2.06. The maximum Gasteiger partial charge on any atom is 0.240 e. The van der Waals surface area contributed by atoms with E-state index >= 15 is 0 Å². The number of methoxy groups -OCH3 is 1. The molecule has 5 heteroatoms. The number of benzene rings is 1. The minimum Gasteiger partial charge on any atom is -0.497 e. The van der Waals surface area contributed by atoms with Gasteiger partial charge < -0.3 is 20.5 Å². The summed E-state index contributed by atoms with van der Waals surface area (Å²) in [5.41, 5.74) is 6.33. The SMILES string of the molecule is COc1ccc(CNC(=O)C2(N)CCOCC2)cc1. The van der Waals surface area contributed by atoms with Crippen molar-refractivity contribution in [3.8, 4) is 5.75 Å². The molecule has 1 fully saturated rings. The van der Waals surface area contributed by atoms with E-state index in [0.717, 1.165) is 11.3 Å². The first-order chi connectivity index (χ1) is 9.14. The first-order valence-electron chi connectivity index (χ1n) is 6.42. The number of amides is 1. The van der Waals surface area contributed by atoms with Crippen LogP contribution >= 0.6 is 0 Å². The molecule has 3 N–H and O–H groups in total. The van der Waals surface area contributed by atoms with Crippen LogP contribution in [-0.2, 0) is 16.1 Å². The Balaban J connectivity index is 1.88. The quantitative estimate of drug-likeness (QED) is 0.844. The molecule has 1 saturated heterocycles. The Hall–Kier alpha value is -1.59. The first kappa shape index (κ1) is 13.8. The average molecular weight is 264 g/mol. The second-order valence-corrected chi connectivity index (χ2v) is 4.80. The van der Waals surface area contributed by atoms with Crippen LogP contribution in [0.25, 0.3) is 0 Å². The molecule has 1 aromatic rings. The maximum atomic E-state index is 12.1. The lowest BCUT2D eigenvalue weighted by atomic mass is 9.90. The lowest BCUT2D eigenvalue weighted by Gasteiger charge is -2.31. The molecular formula is C14H20N2O3. The molecule has 0 spiro atoms. The summed E-state index contributed by atoms with van der Waals surface area (Å²) in [5.74, 6) is 0.696. The highest BCUT2D eigenvalue weighted by Gasteiger charge is 2.35. The van der Waals surface area contributed by atoms with Gasteiger partial charge in [0.2, 0.25) is 5.91 Å². The predicted octanol–water partition coefficient (Wildman–Crippen LogP) is 0.819. The Labute approximate surface area is 113 Å². The summed E-state index contributed by atoms with van der Waals surface area (Å²) in [7, 11) is 1.63. The summed E-state index contributed by atoms with van der Waals surface area (Å²) in [6, 6.07) is 7.58. The van der Waals surface area contributed by atoms with Gasteiger partial charge >= 0.3 is 0 Å². The molecule has 0 radical (unpaired) electrons. The van der Waals surface area contributed by atoms with Gasteiger partial charge in [-0.3, -0.25) is 4.79 Å². The van der Waals surface area contributed by atoms with Crippen LogP contribution in [0.1, 0.15) is 18.4 Å². The summed E-state index contributed by atoms with van der Waals surface area (Å²) in [5, 5.41) is 2.89. The Morgan fingerprint density at radius 1 is 1.37 bits per heavy atom. The molecule has 0 atom stereocenters. The molecule has 0 aliphatic carbocycles. The fraction of sp³-hybridized carbons (Fsp3) is 0.500. The van der Waals surface area contributed by atoms with Crippen LogP contribution in [-0.4, -0.2) is 31.8 Å². The number of carbonyl (C=O) groups excluding carboxylic acids is 1. The van der Waals surface area contributed by atoms with Crippen LogP contribution in [0, 0.1) is 0 Å². The lowest BCUT2D eigenvalue weighted by molar-refractivity contribution is -0.129. The summed E-state index contributed by atoms with van der Waals surface area (Å²) in [6.45, 7) is 1.57. The third-order valence-electron chi connectivity index (χ3n) is 3.45.